The second-order valence-electron chi connectivity index (χ2n) is 3.99. The Morgan fingerprint density at radius 1 is 1.44 bits per heavy atom. The van der Waals surface area contributed by atoms with E-state index in [4.69, 9.17) is 16.3 Å². The summed E-state index contributed by atoms with van der Waals surface area (Å²) in [6, 6.07) is 3.82. The zero-order valence-electron chi connectivity index (χ0n) is 9.79. The molecule has 6 heteroatoms. The standard InChI is InChI=1S/C12H14ClFN2O2/c13-10-7-9(14)1-2-11(10)18-8-12(17)16-5-3-15-4-6-16/h1-2,7,15H,3-6,8H2. The number of ether oxygens (including phenoxy) is 1. The van der Waals surface area contributed by atoms with Crippen molar-refractivity contribution in [2.45, 2.75) is 0 Å². The molecule has 1 N–H and O–H groups in total. The second kappa shape index (κ2) is 6.02. The SMILES string of the molecule is O=C(COc1ccc(F)cc1Cl)N1CCNCC1. The van der Waals surface area contributed by atoms with Crippen LogP contribution in [0.5, 0.6) is 5.75 Å². The van der Waals surface area contributed by atoms with Crippen molar-refractivity contribution in [2.75, 3.05) is 32.8 Å². The zero-order chi connectivity index (χ0) is 13.0. The lowest BCUT2D eigenvalue weighted by atomic mass is 10.3. The molecule has 0 bridgehead atoms. The van der Waals surface area contributed by atoms with Gasteiger partial charge in [0.05, 0.1) is 5.02 Å². The number of nitrogens with zero attached hydrogens (tertiary/aromatic N) is 1. The highest BCUT2D eigenvalue weighted by atomic mass is 35.5. The van der Waals surface area contributed by atoms with Gasteiger partial charge in [0.15, 0.2) is 6.61 Å². The molecule has 0 aromatic heterocycles. The normalized spacial score (nSPS) is 15.6. The average Bonchev–Trinajstić information content (AvgIpc) is 2.38. The van der Waals surface area contributed by atoms with Crippen LogP contribution in [0.2, 0.25) is 5.02 Å². The first-order valence-corrected chi connectivity index (χ1v) is 6.11. The number of nitrogens with one attached hydrogen (secondary N) is 1. The van der Waals surface area contributed by atoms with Gasteiger partial charge in [-0.25, -0.2) is 4.39 Å². The molecule has 1 aliphatic rings. The quantitative estimate of drug-likeness (QED) is 0.902. The van der Waals surface area contributed by atoms with Gasteiger partial charge in [0.1, 0.15) is 11.6 Å². The van der Waals surface area contributed by atoms with Crippen molar-refractivity contribution in [3.8, 4) is 5.75 Å². The summed E-state index contributed by atoms with van der Waals surface area (Å²) in [6.07, 6.45) is 0. The topological polar surface area (TPSA) is 41.6 Å². The first kappa shape index (κ1) is 13.1. The predicted octanol–water partition coefficient (Wildman–Crippen LogP) is 1.29. The maximum Gasteiger partial charge on any atom is 0.260 e. The van der Waals surface area contributed by atoms with Gasteiger partial charge in [0.2, 0.25) is 0 Å². The molecular weight excluding hydrogens is 259 g/mol. The van der Waals surface area contributed by atoms with Gasteiger partial charge in [0.25, 0.3) is 5.91 Å². The van der Waals surface area contributed by atoms with E-state index in [1.54, 1.807) is 4.90 Å². The highest BCUT2D eigenvalue weighted by molar-refractivity contribution is 6.32. The van der Waals surface area contributed by atoms with Gasteiger partial charge in [-0.05, 0) is 18.2 Å². The fourth-order valence-corrected chi connectivity index (χ4v) is 1.96. The Morgan fingerprint density at radius 3 is 2.83 bits per heavy atom. The lowest BCUT2D eigenvalue weighted by Crippen LogP contribution is -2.47. The predicted molar refractivity (Wildman–Crippen MR) is 66.4 cm³/mol. The fraction of sp³-hybridized carbons (Fsp3) is 0.417. The molecule has 0 aliphatic carbocycles. The van der Waals surface area contributed by atoms with Crippen LogP contribution in [-0.2, 0) is 4.79 Å². The number of hydrogen-bond donors (Lipinski definition) is 1. The van der Waals surface area contributed by atoms with E-state index >= 15 is 0 Å². The van der Waals surface area contributed by atoms with Crippen LogP contribution in [0, 0.1) is 5.82 Å². The molecule has 0 unspecified atom stereocenters. The van der Waals surface area contributed by atoms with Crippen molar-refractivity contribution in [1.29, 1.82) is 0 Å². The first-order chi connectivity index (χ1) is 8.66. The third-order valence-electron chi connectivity index (χ3n) is 2.71. The molecule has 1 fully saturated rings. The Morgan fingerprint density at radius 2 is 2.17 bits per heavy atom. The van der Waals surface area contributed by atoms with Gasteiger partial charge < -0.3 is 15.0 Å². The van der Waals surface area contributed by atoms with Gasteiger partial charge in [-0.1, -0.05) is 11.6 Å². The summed E-state index contributed by atoms with van der Waals surface area (Å²) < 4.78 is 18.1. The molecule has 1 aromatic carbocycles. The number of benzene rings is 1. The second-order valence-corrected chi connectivity index (χ2v) is 4.40. The minimum absolute atomic E-state index is 0.0780. The maximum absolute atomic E-state index is 12.8. The molecule has 1 saturated heterocycles. The molecule has 0 atom stereocenters. The Labute approximate surface area is 110 Å². The van der Waals surface area contributed by atoms with Crippen LogP contribution in [0.1, 0.15) is 0 Å². The number of rotatable bonds is 3. The van der Waals surface area contributed by atoms with Gasteiger partial charge in [-0.3, -0.25) is 4.79 Å². The number of amides is 1. The van der Waals surface area contributed by atoms with Crippen LogP contribution in [0.4, 0.5) is 4.39 Å². The van der Waals surface area contributed by atoms with E-state index in [0.717, 1.165) is 19.2 Å². The van der Waals surface area contributed by atoms with E-state index in [9.17, 15) is 9.18 Å². The first-order valence-electron chi connectivity index (χ1n) is 5.73. The molecular formula is C12H14ClFN2O2. The number of carbonyl (C=O) groups excluding carboxylic acids is 1. The highest BCUT2D eigenvalue weighted by Gasteiger charge is 2.16. The molecule has 0 saturated carbocycles. The number of halogens is 2. The average molecular weight is 273 g/mol. The van der Waals surface area contributed by atoms with E-state index < -0.39 is 5.82 Å². The Bertz CT molecular complexity index is 436. The number of piperazine rings is 1. The molecule has 98 valence electrons. The monoisotopic (exact) mass is 272 g/mol. The summed E-state index contributed by atoms with van der Waals surface area (Å²) in [5.74, 6) is -0.195. The van der Waals surface area contributed by atoms with Gasteiger partial charge in [-0.2, -0.15) is 0 Å². The van der Waals surface area contributed by atoms with Crippen molar-refractivity contribution in [1.82, 2.24) is 10.2 Å². The Hall–Kier alpha value is -1.33. The van der Waals surface area contributed by atoms with Crippen LogP contribution >= 0.6 is 11.6 Å². The van der Waals surface area contributed by atoms with Crippen LogP contribution in [-0.4, -0.2) is 43.6 Å². The van der Waals surface area contributed by atoms with Crippen LogP contribution in [0.3, 0.4) is 0 Å². The fourth-order valence-electron chi connectivity index (χ4n) is 1.74. The summed E-state index contributed by atoms with van der Waals surface area (Å²) in [5.41, 5.74) is 0. The van der Waals surface area contributed by atoms with E-state index in [1.807, 2.05) is 0 Å². The van der Waals surface area contributed by atoms with E-state index in [1.165, 1.54) is 12.1 Å². The maximum atomic E-state index is 12.8. The van der Waals surface area contributed by atoms with Crippen molar-refractivity contribution in [3.63, 3.8) is 0 Å². The molecule has 1 aliphatic heterocycles. The third-order valence-corrected chi connectivity index (χ3v) is 3.01. The molecule has 1 heterocycles. The lowest BCUT2D eigenvalue weighted by molar-refractivity contribution is -0.133. The van der Waals surface area contributed by atoms with E-state index in [0.29, 0.717) is 18.8 Å². The van der Waals surface area contributed by atoms with Crippen molar-refractivity contribution >= 4 is 17.5 Å². The van der Waals surface area contributed by atoms with Gasteiger partial charge in [0, 0.05) is 26.2 Å². The van der Waals surface area contributed by atoms with Gasteiger partial charge >= 0.3 is 0 Å². The largest absolute Gasteiger partial charge is 0.482 e. The molecule has 1 amide bonds. The summed E-state index contributed by atoms with van der Waals surface area (Å²) in [4.78, 5) is 13.5. The molecule has 2 rings (SSSR count). The van der Waals surface area contributed by atoms with E-state index in [-0.39, 0.29) is 17.5 Å². The molecule has 4 nitrogen and oxygen atoms in total. The summed E-state index contributed by atoms with van der Waals surface area (Å²) >= 11 is 5.80. The number of carbonyl (C=O) groups is 1. The molecule has 18 heavy (non-hydrogen) atoms. The Kier molecular flexibility index (Phi) is 4.38. The minimum atomic E-state index is -0.430. The van der Waals surface area contributed by atoms with Crippen LogP contribution in [0.15, 0.2) is 18.2 Å². The summed E-state index contributed by atoms with van der Waals surface area (Å²) in [6.45, 7) is 2.87. The lowest BCUT2D eigenvalue weighted by Gasteiger charge is -2.27. The minimum Gasteiger partial charge on any atom is -0.482 e. The zero-order valence-corrected chi connectivity index (χ0v) is 10.5. The van der Waals surface area contributed by atoms with Crippen LogP contribution < -0.4 is 10.1 Å². The Balaban J connectivity index is 1.88. The number of hydrogen-bond acceptors (Lipinski definition) is 3. The molecule has 0 radical (unpaired) electrons. The van der Waals surface area contributed by atoms with Crippen molar-refractivity contribution in [3.05, 3.63) is 29.0 Å². The smallest absolute Gasteiger partial charge is 0.260 e. The van der Waals surface area contributed by atoms with Crippen molar-refractivity contribution < 1.29 is 13.9 Å². The van der Waals surface area contributed by atoms with Crippen LogP contribution in [0.25, 0.3) is 0 Å². The van der Waals surface area contributed by atoms with Gasteiger partial charge in [-0.15, -0.1) is 0 Å². The summed E-state index contributed by atoms with van der Waals surface area (Å²) in [5, 5.41) is 3.33. The third kappa shape index (κ3) is 3.34. The summed E-state index contributed by atoms with van der Waals surface area (Å²) in [7, 11) is 0. The van der Waals surface area contributed by atoms with E-state index in [2.05, 4.69) is 5.32 Å². The molecule has 0 spiro atoms. The van der Waals surface area contributed by atoms with Crippen molar-refractivity contribution in [2.24, 2.45) is 0 Å². The molecule has 1 aromatic rings. The highest BCUT2D eigenvalue weighted by Crippen LogP contribution is 2.24.